The number of hydrogen-bond donors (Lipinski definition) is 1. The smallest absolute Gasteiger partial charge is 0.261 e. The summed E-state index contributed by atoms with van der Waals surface area (Å²) >= 11 is 12.4. The number of rotatable bonds is 12. The first-order valence-electron chi connectivity index (χ1n) is 12.5. The van der Waals surface area contributed by atoms with Crippen molar-refractivity contribution in [1.82, 2.24) is 10.2 Å². The maximum Gasteiger partial charge on any atom is 0.261 e. The molecule has 1 atom stereocenters. The molecule has 0 spiro atoms. The fraction of sp³-hybridized carbons (Fsp3) is 0.333. The lowest BCUT2D eigenvalue weighted by atomic mass is 10.0. The van der Waals surface area contributed by atoms with Gasteiger partial charge in [-0.15, -0.1) is 0 Å². The summed E-state index contributed by atoms with van der Waals surface area (Å²) < 4.78 is 5.92. The summed E-state index contributed by atoms with van der Waals surface area (Å²) in [4.78, 5) is 28.7. The number of carbonyl (C=O) groups excluding carboxylic acids is 2. The van der Waals surface area contributed by atoms with Gasteiger partial charge in [0.1, 0.15) is 11.8 Å². The van der Waals surface area contributed by atoms with Crippen molar-refractivity contribution in [3.8, 4) is 5.75 Å². The molecule has 3 aromatic rings. The Balaban J connectivity index is 1.92. The van der Waals surface area contributed by atoms with E-state index in [0.29, 0.717) is 28.8 Å². The van der Waals surface area contributed by atoms with Crippen molar-refractivity contribution >= 4 is 35.0 Å². The first-order chi connectivity index (χ1) is 17.8. The molecular weight excluding hydrogens is 507 g/mol. The molecule has 5 nitrogen and oxygen atoms in total. The van der Waals surface area contributed by atoms with Crippen molar-refractivity contribution in [1.29, 1.82) is 0 Å². The van der Waals surface area contributed by atoms with Crippen LogP contribution >= 0.6 is 23.2 Å². The minimum absolute atomic E-state index is 0.185. The summed E-state index contributed by atoms with van der Waals surface area (Å²) in [5.74, 6) is 0.148. The zero-order valence-electron chi connectivity index (χ0n) is 21.6. The van der Waals surface area contributed by atoms with Crippen molar-refractivity contribution in [2.45, 2.75) is 52.6 Å². The molecule has 0 fully saturated rings. The molecule has 1 unspecified atom stereocenters. The van der Waals surface area contributed by atoms with Gasteiger partial charge in [-0.2, -0.15) is 0 Å². The highest BCUT2D eigenvalue weighted by atomic mass is 35.5. The number of halogens is 2. The monoisotopic (exact) mass is 540 g/mol. The molecule has 196 valence electrons. The van der Waals surface area contributed by atoms with Crippen LogP contribution in [0.2, 0.25) is 10.0 Å². The van der Waals surface area contributed by atoms with Crippen LogP contribution in [0, 0.1) is 13.8 Å². The third kappa shape index (κ3) is 8.51. The molecule has 0 saturated heterocycles. The molecule has 2 amide bonds. The third-order valence-corrected chi connectivity index (χ3v) is 6.86. The lowest BCUT2D eigenvalue weighted by Crippen LogP contribution is -2.51. The molecule has 0 aliphatic rings. The standard InChI is InChI=1S/C30H34Cl2N2O3/c1-4-5-15-33-30(36)27(18-23-9-7-6-8-10-23)34(19-24-12-13-25(31)26(32)17-24)29(35)20-37-28-14-11-21(2)16-22(28)3/h6-14,16-17,27H,4-5,15,18-20H2,1-3H3,(H,33,36). The van der Waals surface area contributed by atoms with Crippen LogP contribution < -0.4 is 10.1 Å². The van der Waals surface area contributed by atoms with E-state index in [2.05, 4.69) is 12.2 Å². The van der Waals surface area contributed by atoms with Crippen molar-refractivity contribution < 1.29 is 14.3 Å². The van der Waals surface area contributed by atoms with E-state index in [9.17, 15) is 9.59 Å². The first-order valence-corrected chi connectivity index (χ1v) is 13.3. The van der Waals surface area contributed by atoms with Gasteiger partial charge in [-0.05, 0) is 55.2 Å². The van der Waals surface area contributed by atoms with Gasteiger partial charge < -0.3 is 15.0 Å². The van der Waals surface area contributed by atoms with E-state index in [4.69, 9.17) is 27.9 Å². The number of ether oxygens (including phenoxy) is 1. The largest absolute Gasteiger partial charge is 0.483 e. The molecule has 7 heteroatoms. The van der Waals surface area contributed by atoms with Gasteiger partial charge in [0.25, 0.3) is 5.91 Å². The lowest BCUT2D eigenvalue weighted by molar-refractivity contribution is -0.142. The molecule has 3 aromatic carbocycles. The Morgan fingerprint density at radius 2 is 1.70 bits per heavy atom. The van der Waals surface area contributed by atoms with E-state index in [0.717, 1.165) is 35.1 Å². The number of aryl methyl sites for hydroxylation is 2. The molecule has 0 bridgehead atoms. The van der Waals surface area contributed by atoms with Gasteiger partial charge in [0.15, 0.2) is 6.61 Å². The quantitative estimate of drug-likeness (QED) is 0.265. The Kier molecular flexibility index (Phi) is 10.8. The van der Waals surface area contributed by atoms with E-state index in [1.807, 2.05) is 68.4 Å². The van der Waals surface area contributed by atoms with Gasteiger partial charge in [-0.1, -0.05) is 90.6 Å². The number of nitrogens with zero attached hydrogens (tertiary/aromatic N) is 1. The van der Waals surface area contributed by atoms with E-state index in [1.54, 1.807) is 17.0 Å². The normalized spacial score (nSPS) is 11.6. The number of carbonyl (C=O) groups is 2. The van der Waals surface area contributed by atoms with Crippen LogP contribution in [0.3, 0.4) is 0 Å². The molecule has 0 aliphatic carbocycles. The second-order valence-electron chi connectivity index (χ2n) is 9.18. The molecule has 37 heavy (non-hydrogen) atoms. The Bertz CT molecular complexity index is 1200. The molecule has 0 radical (unpaired) electrons. The highest BCUT2D eigenvalue weighted by Gasteiger charge is 2.30. The molecule has 0 aliphatic heterocycles. The van der Waals surface area contributed by atoms with Crippen molar-refractivity contribution in [3.05, 3.63) is 99.0 Å². The molecule has 0 aromatic heterocycles. The van der Waals surface area contributed by atoms with Crippen LogP contribution in [0.1, 0.15) is 42.0 Å². The molecule has 0 saturated carbocycles. The van der Waals surface area contributed by atoms with Gasteiger partial charge in [0.2, 0.25) is 5.91 Å². The minimum Gasteiger partial charge on any atom is -0.483 e. The fourth-order valence-electron chi connectivity index (χ4n) is 4.08. The molecule has 0 heterocycles. The second-order valence-corrected chi connectivity index (χ2v) is 9.99. The Labute approximate surface area is 229 Å². The molecule has 3 rings (SSSR count). The van der Waals surface area contributed by atoms with Crippen molar-refractivity contribution in [3.63, 3.8) is 0 Å². The van der Waals surface area contributed by atoms with E-state index in [1.165, 1.54) is 0 Å². The van der Waals surface area contributed by atoms with Crippen molar-refractivity contribution in [2.24, 2.45) is 0 Å². The Morgan fingerprint density at radius 3 is 2.38 bits per heavy atom. The maximum atomic E-state index is 13.7. The van der Waals surface area contributed by atoms with Crippen LogP contribution in [0.15, 0.2) is 66.7 Å². The summed E-state index contributed by atoms with van der Waals surface area (Å²) in [5, 5.41) is 3.84. The van der Waals surface area contributed by atoms with Crippen LogP contribution in [-0.4, -0.2) is 35.9 Å². The fourth-order valence-corrected chi connectivity index (χ4v) is 4.40. The number of amides is 2. The van der Waals surface area contributed by atoms with Crippen molar-refractivity contribution in [2.75, 3.05) is 13.2 Å². The maximum absolute atomic E-state index is 13.7. The van der Waals surface area contributed by atoms with Gasteiger partial charge in [0, 0.05) is 19.5 Å². The van der Waals surface area contributed by atoms with Crippen LogP contribution in [-0.2, 0) is 22.6 Å². The average Bonchev–Trinajstić information content (AvgIpc) is 2.88. The zero-order chi connectivity index (χ0) is 26.8. The highest BCUT2D eigenvalue weighted by Crippen LogP contribution is 2.25. The number of unbranched alkanes of at least 4 members (excludes halogenated alkanes) is 1. The average molecular weight is 542 g/mol. The van der Waals surface area contributed by atoms with Crippen LogP contribution in [0.4, 0.5) is 0 Å². The summed E-state index contributed by atoms with van der Waals surface area (Å²) in [6.07, 6.45) is 2.19. The van der Waals surface area contributed by atoms with Gasteiger partial charge in [-0.25, -0.2) is 0 Å². The number of nitrogens with one attached hydrogen (secondary N) is 1. The SMILES string of the molecule is CCCCNC(=O)C(Cc1ccccc1)N(Cc1ccc(Cl)c(Cl)c1)C(=O)COc1ccc(C)cc1C. The molecular formula is C30H34Cl2N2O3. The van der Waals surface area contributed by atoms with E-state index >= 15 is 0 Å². The predicted molar refractivity (Wildman–Crippen MR) is 150 cm³/mol. The van der Waals surface area contributed by atoms with Gasteiger partial charge in [0.05, 0.1) is 10.0 Å². The summed E-state index contributed by atoms with van der Waals surface area (Å²) in [5.41, 5.74) is 3.79. The Hall–Kier alpha value is -3.02. The van der Waals surface area contributed by atoms with Gasteiger partial charge in [-0.3, -0.25) is 9.59 Å². The first kappa shape index (κ1) is 28.5. The van der Waals surface area contributed by atoms with Crippen LogP contribution in [0.5, 0.6) is 5.75 Å². The predicted octanol–water partition coefficient (Wildman–Crippen LogP) is 6.55. The zero-order valence-corrected chi connectivity index (χ0v) is 23.1. The van der Waals surface area contributed by atoms with E-state index in [-0.39, 0.29) is 25.0 Å². The summed E-state index contributed by atoms with van der Waals surface area (Å²) in [6.45, 7) is 6.56. The van der Waals surface area contributed by atoms with Gasteiger partial charge >= 0.3 is 0 Å². The summed E-state index contributed by atoms with van der Waals surface area (Å²) in [6, 6.07) is 20.0. The Morgan fingerprint density at radius 1 is 0.946 bits per heavy atom. The third-order valence-electron chi connectivity index (χ3n) is 6.12. The second kappa shape index (κ2) is 14.1. The highest BCUT2D eigenvalue weighted by molar-refractivity contribution is 6.42. The van der Waals surface area contributed by atoms with Crippen LogP contribution in [0.25, 0.3) is 0 Å². The number of hydrogen-bond acceptors (Lipinski definition) is 3. The number of benzene rings is 3. The topological polar surface area (TPSA) is 58.6 Å². The lowest BCUT2D eigenvalue weighted by Gasteiger charge is -2.31. The van der Waals surface area contributed by atoms with E-state index < -0.39 is 6.04 Å². The summed E-state index contributed by atoms with van der Waals surface area (Å²) in [7, 11) is 0. The minimum atomic E-state index is -0.732. The molecule has 1 N–H and O–H groups in total.